The van der Waals surface area contributed by atoms with Crippen molar-refractivity contribution < 1.29 is 14.7 Å². The molecule has 1 amide bonds. The molecule has 6 nitrogen and oxygen atoms in total. The minimum atomic E-state index is -0.856. The number of aromatic amines is 1. The first-order valence-electron chi connectivity index (χ1n) is 5.89. The topological polar surface area (TPSA) is 95.1 Å². The predicted molar refractivity (Wildman–Crippen MR) is 66.2 cm³/mol. The van der Waals surface area contributed by atoms with Gasteiger partial charge in [0, 0.05) is 25.1 Å². The van der Waals surface area contributed by atoms with Crippen molar-refractivity contribution in [1.29, 1.82) is 0 Å². The quantitative estimate of drug-likeness (QED) is 0.703. The number of amides is 1. The Hall–Kier alpha value is -1.85. The first-order chi connectivity index (χ1) is 8.40. The van der Waals surface area contributed by atoms with Crippen LogP contribution in [-0.4, -0.2) is 33.2 Å². The lowest BCUT2D eigenvalue weighted by molar-refractivity contribution is -0.137. The van der Waals surface area contributed by atoms with Crippen molar-refractivity contribution in [3.63, 3.8) is 0 Å². The second kappa shape index (κ2) is 6.18. The summed E-state index contributed by atoms with van der Waals surface area (Å²) in [6.07, 6.45) is 1.06. The van der Waals surface area contributed by atoms with E-state index in [1.54, 1.807) is 0 Å². The summed E-state index contributed by atoms with van der Waals surface area (Å²) in [6.45, 7) is 5.24. The zero-order chi connectivity index (χ0) is 13.7. The number of carboxylic acids is 1. The smallest absolute Gasteiger partial charge is 0.303 e. The molecule has 0 aromatic carbocycles. The van der Waals surface area contributed by atoms with Gasteiger partial charge in [-0.3, -0.25) is 14.7 Å². The van der Waals surface area contributed by atoms with Gasteiger partial charge in [0.25, 0.3) is 0 Å². The highest BCUT2D eigenvalue weighted by Crippen LogP contribution is 2.14. The number of aliphatic carboxylic acids is 1. The number of carbonyl (C=O) groups is 2. The average molecular weight is 253 g/mol. The Morgan fingerprint density at radius 1 is 1.44 bits per heavy atom. The lowest BCUT2D eigenvalue weighted by atomic mass is 10.0. The summed E-state index contributed by atoms with van der Waals surface area (Å²) in [7, 11) is 0. The second-order valence-electron chi connectivity index (χ2n) is 4.45. The number of rotatable bonds is 6. The molecule has 6 heteroatoms. The number of aryl methyl sites for hydroxylation is 2. The number of hydrogen-bond acceptors (Lipinski definition) is 3. The summed E-state index contributed by atoms with van der Waals surface area (Å²) in [5.74, 6) is -1.00. The minimum Gasteiger partial charge on any atom is -0.481 e. The van der Waals surface area contributed by atoms with E-state index < -0.39 is 5.97 Å². The molecule has 0 aliphatic heterocycles. The van der Waals surface area contributed by atoms with E-state index in [0.717, 1.165) is 17.0 Å². The first-order valence-corrected chi connectivity index (χ1v) is 5.89. The third-order valence-electron chi connectivity index (χ3n) is 2.85. The van der Waals surface area contributed by atoms with Crippen LogP contribution in [0.5, 0.6) is 0 Å². The summed E-state index contributed by atoms with van der Waals surface area (Å²) in [5.41, 5.74) is 2.88. The summed E-state index contributed by atoms with van der Waals surface area (Å²) in [5, 5.41) is 18.5. The first kappa shape index (κ1) is 14.2. The van der Waals surface area contributed by atoms with Gasteiger partial charge in [-0.15, -0.1) is 0 Å². The number of nitrogens with one attached hydrogen (secondary N) is 2. The van der Waals surface area contributed by atoms with Gasteiger partial charge in [-0.25, -0.2) is 0 Å². The molecule has 18 heavy (non-hydrogen) atoms. The van der Waals surface area contributed by atoms with Crippen molar-refractivity contribution in [1.82, 2.24) is 15.5 Å². The van der Waals surface area contributed by atoms with Crippen LogP contribution in [0.25, 0.3) is 0 Å². The predicted octanol–water partition coefficient (Wildman–Crippen LogP) is 0.939. The van der Waals surface area contributed by atoms with Gasteiger partial charge in [0.05, 0.1) is 5.69 Å². The number of carbonyl (C=O) groups excluding carboxylic acids is 1. The molecule has 1 atom stereocenters. The molecule has 0 saturated heterocycles. The molecule has 1 rings (SSSR count). The third kappa shape index (κ3) is 4.20. The number of H-pyrrole nitrogens is 1. The second-order valence-corrected chi connectivity index (χ2v) is 4.45. The van der Waals surface area contributed by atoms with E-state index in [0.29, 0.717) is 12.8 Å². The molecule has 0 aliphatic carbocycles. The van der Waals surface area contributed by atoms with Crippen molar-refractivity contribution >= 4 is 11.9 Å². The van der Waals surface area contributed by atoms with E-state index in [4.69, 9.17) is 5.11 Å². The molecule has 1 heterocycles. The summed E-state index contributed by atoms with van der Waals surface area (Å²) in [6, 6.07) is -0.173. The van der Waals surface area contributed by atoms with E-state index in [1.807, 2.05) is 13.8 Å². The molecule has 3 N–H and O–H groups in total. The lowest BCUT2D eigenvalue weighted by Crippen LogP contribution is -2.35. The van der Waals surface area contributed by atoms with Crippen LogP contribution in [0, 0.1) is 13.8 Å². The van der Waals surface area contributed by atoms with Gasteiger partial charge in [0.1, 0.15) is 0 Å². The van der Waals surface area contributed by atoms with Crippen molar-refractivity contribution in [2.45, 2.75) is 46.1 Å². The molecule has 0 aliphatic rings. The van der Waals surface area contributed by atoms with E-state index >= 15 is 0 Å². The van der Waals surface area contributed by atoms with Crippen LogP contribution >= 0.6 is 0 Å². The molecule has 0 saturated carbocycles. The monoisotopic (exact) mass is 253 g/mol. The molecule has 0 fully saturated rings. The number of aromatic nitrogens is 2. The summed E-state index contributed by atoms with van der Waals surface area (Å²) >= 11 is 0. The van der Waals surface area contributed by atoms with Crippen LogP contribution in [0.3, 0.4) is 0 Å². The Kier molecular flexibility index (Phi) is 4.88. The maximum absolute atomic E-state index is 11.1. The Morgan fingerprint density at radius 2 is 2.11 bits per heavy atom. The molecular formula is C12H19N3O3. The standard InChI is InChI=1S/C12H19N3O3/c1-7-11(8(2)15-14-7)6-10(13-9(3)16)4-5-12(17)18/h10H,4-6H2,1-3H3,(H,13,16)(H,14,15)(H,17,18). The van der Waals surface area contributed by atoms with E-state index in [-0.39, 0.29) is 18.4 Å². The third-order valence-corrected chi connectivity index (χ3v) is 2.85. The molecule has 100 valence electrons. The summed E-state index contributed by atoms with van der Waals surface area (Å²) in [4.78, 5) is 21.7. The molecule has 0 radical (unpaired) electrons. The maximum Gasteiger partial charge on any atom is 0.303 e. The van der Waals surface area contributed by atoms with Crippen molar-refractivity contribution in [2.75, 3.05) is 0 Å². The Bertz CT molecular complexity index is 420. The molecule has 0 spiro atoms. The fraction of sp³-hybridized carbons (Fsp3) is 0.583. The SMILES string of the molecule is CC(=O)NC(CCC(=O)O)Cc1c(C)n[nH]c1C. The van der Waals surface area contributed by atoms with Gasteiger partial charge in [-0.05, 0) is 32.3 Å². The number of hydrogen-bond donors (Lipinski definition) is 3. The average Bonchev–Trinajstić information content (AvgIpc) is 2.56. The highest BCUT2D eigenvalue weighted by molar-refractivity contribution is 5.73. The van der Waals surface area contributed by atoms with E-state index in [9.17, 15) is 9.59 Å². The zero-order valence-electron chi connectivity index (χ0n) is 10.9. The van der Waals surface area contributed by atoms with Crippen LogP contribution in [0.4, 0.5) is 0 Å². The van der Waals surface area contributed by atoms with E-state index in [1.165, 1.54) is 6.92 Å². The maximum atomic E-state index is 11.1. The number of nitrogens with zero attached hydrogens (tertiary/aromatic N) is 1. The molecule has 1 aromatic rings. The molecule has 1 unspecified atom stereocenters. The Balaban J connectivity index is 2.71. The minimum absolute atomic E-state index is 0.0426. The fourth-order valence-corrected chi connectivity index (χ4v) is 1.93. The van der Waals surface area contributed by atoms with Crippen LogP contribution in [0.1, 0.15) is 36.7 Å². The lowest BCUT2D eigenvalue weighted by Gasteiger charge is -2.17. The van der Waals surface area contributed by atoms with Crippen molar-refractivity contribution in [2.24, 2.45) is 0 Å². The van der Waals surface area contributed by atoms with Gasteiger partial charge in [0.2, 0.25) is 5.91 Å². The Labute approximate surface area is 106 Å². The Morgan fingerprint density at radius 3 is 2.56 bits per heavy atom. The van der Waals surface area contributed by atoms with Crippen LogP contribution in [0.15, 0.2) is 0 Å². The molecule has 0 bridgehead atoms. The zero-order valence-corrected chi connectivity index (χ0v) is 10.9. The van der Waals surface area contributed by atoms with Gasteiger partial charge < -0.3 is 10.4 Å². The summed E-state index contributed by atoms with van der Waals surface area (Å²) < 4.78 is 0. The van der Waals surface area contributed by atoms with Crippen LogP contribution in [0.2, 0.25) is 0 Å². The van der Waals surface area contributed by atoms with Gasteiger partial charge in [-0.2, -0.15) is 5.10 Å². The molecule has 1 aromatic heterocycles. The van der Waals surface area contributed by atoms with Crippen molar-refractivity contribution in [3.8, 4) is 0 Å². The van der Waals surface area contributed by atoms with Crippen LogP contribution < -0.4 is 5.32 Å². The van der Waals surface area contributed by atoms with Crippen molar-refractivity contribution in [3.05, 3.63) is 17.0 Å². The normalized spacial score (nSPS) is 12.2. The highest BCUT2D eigenvalue weighted by atomic mass is 16.4. The number of carboxylic acid groups (broad SMARTS) is 1. The van der Waals surface area contributed by atoms with Gasteiger partial charge >= 0.3 is 5.97 Å². The molecular weight excluding hydrogens is 234 g/mol. The van der Waals surface area contributed by atoms with Crippen LogP contribution in [-0.2, 0) is 16.0 Å². The van der Waals surface area contributed by atoms with Gasteiger partial charge in [-0.1, -0.05) is 0 Å². The van der Waals surface area contributed by atoms with E-state index in [2.05, 4.69) is 15.5 Å². The van der Waals surface area contributed by atoms with Gasteiger partial charge in [0.15, 0.2) is 0 Å². The highest BCUT2D eigenvalue weighted by Gasteiger charge is 2.16. The fourth-order valence-electron chi connectivity index (χ4n) is 1.93. The largest absolute Gasteiger partial charge is 0.481 e.